The van der Waals surface area contributed by atoms with Crippen LogP contribution in [0.15, 0.2) is 18.2 Å². The van der Waals surface area contributed by atoms with E-state index in [2.05, 4.69) is 4.90 Å². The number of nitrogens with zero attached hydrogens (tertiary/aromatic N) is 2. The lowest BCUT2D eigenvalue weighted by molar-refractivity contribution is 0.0316. The van der Waals surface area contributed by atoms with Gasteiger partial charge in [0.2, 0.25) is 0 Å². The molecule has 0 spiro atoms. The van der Waals surface area contributed by atoms with E-state index in [0.717, 1.165) is 19.5 Å². The van der Waals surface area contributed by atoms with E-state index in [1.807, 2.05) is 13.0 Å². The van der Waals surface area contributed by atoms with Crippen LogP contribution in [0.1, 0.15) is 24.5 Å². The molecule has 0 aliphatic carbocycles. The van der Waals surface area contributed by atoms with Crippen LogP contribution in [0, 0.1) is 23.1 Å². The summed E-state index contributed by atoms with van der Waals surface area (Å²) in [6.07, 6.45) is 0.492. The summed E-state index contributed by atoms with van der Waals surface area (Å²) in [7, 11) is 0. The summed E-state index contributed by atoms with van der Waals surface area (Å²) in [5.41, 5.74) is 0.955. The van der Waals surface area contributed by atoms with E-state index in [4.69, 9.17) is 5.26 Å². The Balaban J connectivity index is 2.04. The summed E-state index contributed by atoms with van der Waals surface area (Å²) >= 11 is 0. The molecule has 1 aliphatic rings. The quantitative estimate of drug-likeness (QED) is 0.869. The minimum Gasteiger partial charge on any atom is -0.393 e. The van der Waals surface area contributed by atoms with Gasteiger partial charge in [-0.25, -0.2) is 4.39 Å². The molecule has 0 amide bonds. The first kappa shape index (κ1) is 13.0. The highest BCUT2D eigenvalue weighted by molar-refractivity contribution is 5.32. The first-order chi connectivity index (χ1) is 8.60. The van der Waals surface area contributed by atoms with Crippen LogP contribution < -0.4 is 0 Å². The molecule has 1 aromatic carbocycles. The average molecular weight is 248 g/mol. The van der Waals surface area contributed by atoms with E-state index in [9.17, 15) is 9.50 Å². The summed E-state index contributed by atoms with van der Waals surface area (Å²) in [5.74, 6) is -0.104. The Morgan fingerprint density at radius 1 is 1.56 bits per heavy atom. The lowest BCUT2D eigenvalue weighted by Crippen LogP contribution is -2.41. The highest BCUT2D eigenvalue weighted by Crippen LogP contribution is 2.20. The van der Waals surface area contributed by atoms with Crippen LogP contribution in [0.4, 0.5) is 4.39 Å². The predicted molar refractivity (Wildman–Crippen MR) is 66.2 cm³/mol. The zero-order chi connectivity index (χ0) is 13.1. The summed E-state index contributed by atoms with van der Waals surface area (Å²) < 4.78 is 13.7. The number of likely N-dealkylation sites (tertiary alicyclic amines) is 1. The standard InChI is InChI=1S/C14H17FN2O/c1-10-8-17(5-4-14(10)18)9-12-3-2-11(7-16)6-13(12)15/h2-3,6,10,14,18H,4-5,8-9H2,1H3. The van der Waals surface area contributed by atoms with E-state index in [-0.39, 0.29) is 17.8 Å². The third-order valence-electron chi connectivity index (χ3n) is 3.52. The SMILES string of the molecule is CC1CN(Cc2ccc(C#N)cc2F)CCC1O. The van der Waals surface area contributed by atoms with Gasteiger partial charge in [-0.15, -0.1) is 0 Å². The van der Waals surface area contributed by atoms with Gasteiger partial charge in [-0.3, -0.25) is 4.90 Å². The number of nitriles is 1. The minimum absolute atomic E-state index is 0.222. The van der Waals surface area contributed by atoms with E-state index < -0.39 is 0 Å². The smallest absolute Gasteiger partial charge is 0.129 e. The molecule has 2 rings (SSSR count). The van der Waals surface area contributed by atoms with Crippen LogP contribution in [0.2, 0.25) is 0 Å². The van der Waals surface area contributed by atoms with Crippen LogP contribution in [-0.4, -0.2) is 29.2 Å². The number of rotatable bonds is 2. The van der Waals surface area contributed by atoms with Gasteiger partial charge >= 0.3 is 0 Å². The van der Waals surface area contributed by atoms with Crippen LogP contribution in [0.25, 0.3) is 0 Å². The average Bonchev–Trinajstić information content (AvgIpc) is 2.36. The topological polar surface area (TPSA) is 47.3 Å². The highest BCUT2D eigenvalue weighted by atomic mass is 19.1. The number of piperidine rings is 1. The van der Waals surface area contributed by atoms with Gasteiger partial charge in [0.25, 0.3) is 0 Å². The molecule has 1 fully saturated rings. The largest absolute Gasteiger partial charge is 0.393 e. The summed E-state index contributed by atoms with van der Waals surface area (Å²) in [4.78, 5) is 2.14. The van der Waals surface area contributed by atoms with Gasteiger partial charge in [-0.05, 0) is 24.5 Å². The molecule has 18 heavy (non-hydrogen) atoms. The van der Waals surface area contributed by atoms with Gasteiger partial charge in [-0.1, -0.05) is 13.0 Å². The maximum Gasteiger partial charge on any atom is 0.129 e. The second-order valence-electron chi connectivity index (χ2n) is 4.99. The Morgan fingerprint density at radius 3 is 2.94 bits per heavy atom. The van der Waals surface area contributed by atoms with Crippen molar-refractivity contribution in [2.24, 2.45) is 5.92 Å². The van der Waals surface area contributed by atoms with Crippen LogP contribution >= 0.6 is 0 Å². The molecular weight excluding hydrogens is 231 g/mol. The maximum absolute atomic E-state index is 13.7. The molecule has 2 atom stereocenters. The van der Waals surface area contributed by atoms with Crippen molar-refractivity contribution in [3.05, 3.63) is 35.1 Å². The van der Waals surface area contributed by atoms with E-state index in [1.54, 1.807) is 12.1 Å². The van der Waals surface area contributed by atoms with Gasteiger partial charge in [0, 0.05) is 25.2 Å². The maximum atomic E-state index is 13.7. The van der Waals surface area contributed by atoms with Crippen LogP contribution in [0.5, 0.6) is 0 Å². The number of aliphatic hydroxyl groups excluding tert-OH is 1. The number of benzene rings is 1. The third-order valence-corrected chi connectivity index (χ3v) is 3.52. The van der Waals surface area contributed by atoms with Gasteiger partial charge < -0.3 is 5.11 Å². The fourth-order valence-corrected chi connectivity index (χ4v) is 2.35. The van der Waals surface area contributed by atoms with E-state index in [0.29, 0.717) is 17.7 Å². The molecule has 96 valence electrons. The molecule has 4 heteroatoms. The Labute approximate surface area is 106 Å². The first-order valence-corrected chi connectivity index (χ1v) is 6.19. The van der Waals surface area contributed by atoms with Gasteiger partial charge in [0.05, 0.1) is 17.7 Å². The fourth-order valence-electron chi connectivity index (χ4n) is 2.35. The molecule has 0 radical (unpaired) electrons. The zero-order valence-corrected chi connectivity index (χ0v) is 10.4. The second-order valence-corrected chi connectivity index (χ2v) is 4.99. The number of halogens is 1. The predicted octanol–water partition coefficient (Wildman–Crippen LogP) is 1.90. The molecule has 1 saturated heterocycles. The Morgan fingerprint density at radius 2 is 2.33 bits per heavy atom. The molecule has 1 aromatic rings. The van der Waals surface area contributed by atoms with E-state index in [1.165, 1.54) is 6.07 Å². The summed E-state index contributed by atoms with van der Waals surface area (Å²) in [6, 6.07) is 6.51. The first-order valence-electron chi connectivity index (χ1n) is 6.19. The second kappa shape index (κ2) is 5.47. The van der Waals surface area contributed by atoms with Crippen LogP contribution in [-0.2, 0) is 6.54 Å². The van der Waals surface area contributed by atoms with Gasteiger partial charge in [0.15, 0.2) is 0 Å². The van der Waals surface area contributed by atoms with Crippen molar-refractivity contribution in [2.75, 3.05) is 13.1 Å². The molecule has 1 aliphatic heterocycles. The van der Waals surface area contributed by atoms with Crippen molar-refractivity contribution in [3.63, 3.8) is 0 Å². The molecule has 1 heterocycles. The van der Waals surface area contributed by atoms with Crippen molar-refractivity contribution in [1.29, 1.82) is 5.26 Å². The molecule has 1 N–H and O–H groups in total. The minimum atomic E-state index is -0.326. The molecule has 0 aromatic heterocycles. The molecular formula is C14H17FN2O. The zero-order valence-electron chi connectivity index (χ0n) is 10.4. The molecule has 2 unspecified atom stereocenters. The molecule has 0 bridgehead atoms. The van der Waals surface area contributed by atoms with Gasteiger partial charge in [-0.2, -0.15) is 5.26 Å². The monoisotopic (exact) mass is 248 g/mol. The van der Waals surface area contributed by atoms with Crippen molar-refractivity contribution in [3.8, 4) is 6.07 Å². The molecule has 3 nitrogen and oxygen atoms in total. The lowest BCUT2D eigenvalue weighted by Gasteiger charge is -2.34. The van der Waals surface area contributed by atoms with Crippen molar-refractivity contribution < 1.29 is 9.50 Å². The third kappa shape index (κ3) is 2.87. The Hall–Kier alpha value is -1.44. The van der Waals surface area contributed by atoms with Crippen molar-refractivity contribution in [1.82, 2.24) is 4.90 Å². The number of hydrogen-bond donors (Lipinski definition) is 1. The van der Waals surface area contributed by atoms with Gasteiger partial charge in [0.1, 0.15) is 5.82 Å². The fraction of sp³-hybridized carbons (Fsp3) is 0.500. The molecule has 0 saturated carbocycles. The Bertz CT molecular complexity index is 469. The van der Waals surface area contributed by atoms with E-state index >= 15 is 0 Å². The summed E-state index contributed by atoms with van der Waals surface area (Å²) in [6.45, 7) is 4.10. The van der Waals surface area contributed by atoms with Crippen molar-refractivity contribution >= 4 is 0 Å². The lowest BCUT2D eigenvalue weighted by atomic mass is 9.96. The number of hydrogen-bond acceptors (Lipinski definition) is 3. The Kier molecular flexibility index (Phi) is 3.95. The normalized spacial score (nSPS) is 24.8. The highest BCUT2D eigenvalue weighted by Gasteiger charge is 2.24. The van der Waals surface area contributed by atoms with Crippen molar-refractivity contribution in [2.45, 2.75) is 26.0 Å². The number of aliphatic hydroxyl groups is 1. The van der Waals surface area contributed by atoms with Crippen LogP contribution in [0.3, 0.4) is 0 Å². The summed E-state index contributed by atoms with van der Waals surface area (Å²) in [5, 5.41) is 18.3.